The zero-order valence-corrected chi connectivity index (χ0v) is 7.88. The van der Waals surface area contributed by atoms with Crippen LogP contribution in [0, 0.1) is 0 Å². The summed E-state index contributed by atoms with van der Waals surface area (Å²) in [5.41, 5.74) is -0.741. The lowest BCUT2D eigenvalue weighted by Crippen LogP contribution is -2.41. The van der Waals surface area contributed by atoms with Gasteiger partial charge in [-0.25, -0.2) is 0 Å². The van der Waals surface area contributed by atoms with Crippen LogP contribution in [0.2, 0.25) is 0 Å². The van der Waals surface area contributed by atoms with E-state index < -0.39 is 5.60 Å². The third-order valence-corrected chi connectivity index (χ3v) is 2.36. The largest absolute Gasteiger partial charge is 0.385 e. The molecule has 72 valence electrons. The molecule has 12 heavy (non-hydrogen) atoms. The second kappa shape index (κ2) is 4.21. The zero-order chi connectivity index (χ0) is 9.03. The Morgan fingerprint density at radius 2 is 2.42 bits per heavy atom. The summed E-state index contributed by atoms with van der Waals surface area (Å²) in [4.78, 5) is 0. The highest BCUT2D eigenvalue weighted by Gasteiger charge is 2.39. The molecule has 0 aromatic carbocycles. The van der Waals surface area contributed by atoms with Gasteiger partial charge in [-0.2, -0.15) is 0 Å². The van der Waals surface area contributed by atoms with Crippen molar-refractivity contribution in [3.63, 3.8) is 0 Å². The third kappa shape index (κ3) is 2.19. The fourth-order valence-electron chi connectivity index (χ4n) is 1.35. The molecule has 1 fully saturated rings. The second-order valence-corrected chi connectivity index (χ2v) is 3.42. The number of rotatable bonds is 4. The lowest BCUT2D eigenvalue weighted by atomic mass is 9.98. The maximum absolute atomic E-state index is 9.94. The van der Waals surface area contributed by atoms with E-state index in [0.29, 0.717) is 19.6 Å². The maximum atomic E-state index is 9.94. The number of hydrogen-bond acceptors (Lipinski definition) is 3. The highest BCUT2D eigenvalue weighted by Crippen LogP contribution is 2.25. The van der Waals surface area contributed by atoms with Gasteiger partial charge in [0.15, 0.2) is 0 Å². The Kier molecular flexibility index (Phi) is 3.50. The quantitative estimate of drug-likeness (QED) is 0.645. The van der Waals surface area contributed by atoms with Crippen LogP contribution in [0.4, 0.5) is 0 Å². The lowest BCUT2D eigenvalue weighted by Gasteiger charge is -2.25. The van der Waals surface area contributed by atoms with Crippen molar-refractivity contribution in [2.24, 2.45) is 0 Å². The molecule has 2 atom stereocenters. The van der Waals surface area contributed by atoms with Gasteiger partial charge in [-0.15, -0.1) is 0 Å². The molecule has 0 bridgehead atoms. The van der Waals surface area contributed by atoms with E-state index in [1.54, 1.807) is 0 Å². The first-order valence-corrected chi connectivity index (χ1v) is 4.61. The van der Waals surface area contributed by atoms with E-state index in [-0.39, 0.29) is 6.10 Å². The molecule has 0 aliphatic carbocycles. The summed E-state index contributed by atoms with van der Waals surface area (Å²) in [7, 11) is 0. The van der Waals surface area contributed by atoms with Crippen LogP contribution in [0.5, 0.6) is 0 Å². The molecule has 3 heteroatoms. The summed E-state index contributed by atoms with van der Waals surface area (Å²) in [6, 6.07) is 0. The van der Waals surface area contributed by atoms with Gasteiger partial charge in [0.1, 0.15) is 5.60 Å². The maximum Gasteiger partial charge on any atom is 0.116 e. The van der Waals surface area contributed by atoms with Crippen molar-refractivity contribution in [3.8, 4) is 0 Å². The molecule has 1 N–H and O–H groups in total. The van der Waals surface area contributed by atoms with E-state index in [2.05, 4.69) is 6.92 Å². The minimum absolute atomic E-state index is 0.0886. The van der Waals surface area contributed by atoms with Gasteiger partial charge in [-0.1, -0.05) is 6.92 Å². The summed E-state index contributed by atoms with van der Waals surface area (Å²) in [5, 5.41) is 9.94. The third-order valence-electron chi connectivity index (χ3n) is 2.36. The van der Waals surface area contributed by atoms with Crippen LogP contribution in [0.3, 0.4) is 0 Å². The van der Waals surface area contributed by atoms with Crippen molar-refractivity contribution in [1.82, 2.24) is 0 Å². The highest BCUT2D eigenvalue weighted by molar-refractivity contribution is 4.89. The van der Waals surface area contributed by atoms with Crippen molar-refractivity contribution >= 4 is 0 Å². The molecule has 1 aliphatic heterocycles. The van der Waals surface area contributed by atoms with E-state index in [0.717, 1.165) is 13.0 Å². The van der Waals surface area contributed by atoms with Crippen molar-refractivity contribution in [1.29, 1.82) is 0 Å². The predicted octanol–water partition coefficient (Wildman–Crippen LogP) is 0.953. The van der Waals surface area contributed by atoms with Crippen LogP contribution in [0.25, 0.3) is 0 Å². The van der Waals surface area contributed by atoms with E-state index in [1.165, 1.54) is 0 Å². The first-order valence-electron chi connectivity index (χ1n) is 4.61. The molecule has 0 aromatic rings. The molecule has 2 unspecified atom stereocenters. The predicted molar refractivity (Wildman–Crippen MR) is 46.1 cm³/mol. The Bertz CT molecular complexity index is 138. The van der Waals surface area contributed by atoms with E-state index >= 15 is 0 Å². The van der Waals surface area contributed by atoms with Crippen molar-refractivity contribution in [2.75, 3.05) is 19.8 Å². The normalized spacial score (nSPS) is 35.8. The molecular formula is C9H18O3. The average Bonchev–Trinajstić information content (AvgIpc) is 2.34. The summed E-state index contributed by atoms with van der Waals surface area (Å²) in [6.45, 7) is 5.71. The molecule has 1 aliphatic rings. The number of hydrogen-bond donors (Lipinski definition) is 1. The van der Waals surface area contributed by atoms with E-state index in [1.807, 2.05) is 6.92 Å². The molecule has 1 rings (SSSR count). The van der Waals surface area contributed by atoms with Crippen LogP contribution < -0.4 is 0 Å². The first kappa shape index (κ1) is 9.96. The Morgan fingerprint density at radius 3 is 2.92 bits per heavy atom. The fourth-order valence-corrected chi connectivity index (χ4v) is 1.35. The molecule has 1 heterocycles. The van der Waals surface area contributed by atoms with E-state index in [4.69, 9.17) is 9.47 Å². The summed E-state index contributed by atoms with van der Waals surface area (Å²) in [6.07, 6.45) is 1.60. The topological polar surface area (TPSA) is 38.7 Å². The zero-order valence-electron chi connectivity index (χ0n) is 7.88. The Morgan fingerprint density at radius 1 is 1.67 bits per heavy atom. The minimum Gasteiger partial charge on any atom is -0.385 e. The molecule has 3 nitrogen and oxygen atoms in total. The van der Waals surface area contributed by atoms with Crippen LogP contribution in [0.15, 0.2) is 0 Å². The van der Waals surface area contributed by atoms with Crippen molar-refractivity contribution < 1.29 is 14.6 Å². The first-order chi connectivity index (χ1) is 5.69. The van der Waals surface area contributed by atoms with E-state index in [9.17, 15) is 5.11 Å². The average molecular weight is 174 g/mol. The highest BCUT2D eigenvalue weighted by atomic mass is 16.5. The lowest BCUT2D eigenvalue weighted by molar-refractivity contribution is -0.0823. The number of ether oxygens (including phenoxy) is 2. The SMILES string of the molecule is CCCOCC1(O)CCOC1C. The smallest absolute Gasteiger partial charge is 0.116 e. The Hall–Kier alpha value is -0.120. The molecule has 0 saturated carbocycles. The molecule has 1 saturated heterocycles. The fraction of sp³-hybridized carbons (Fsp3) is 1.00. The number of aliphatic hydroxyl groups is 1. The standard InChI is InChI=1S/C9H18O3/c1-3-5-11-7-9(10)4-6-12-8(9)2/h8,10H,3-7H2,1-2H3. The van der Waals surface area contributed by atoms with Gasteiger partial charge in [0, 0.05) is 13.0 Å². The Labute approximate surface area is 73.7 Å². The summed E-state index contributed by atoms with van der Waals surface area (Å²) < 4.78 is 10.6. The van der Waals surface area contributed by atoms with Gasteiger partial charge in [-0.3, -0.25) is 0 Å². The van der Waals surface area contributed by atoms with Gasteiger partial charge in [0.05, 0.1) is 19.3 Å². The van der Waals surface area contributed by atoms with Crippen LogP contribution in [-0.2, 0) is 9.47 Å². The Balaban J connectivity index is 2.27. The second-order valence-electron chi connectivity index (χ2n) is 3.42. The van der Waals surface area contributed by atoms with Gasteiger partial charge >= 0.3 is 0 Å². The van der Waals surface area contributed by atoms with Gasteiger partial charge in [0.25, 0.3) is 0 Å². The molecule has 0 radical (unpaired) electrons. The monoisotopic (exact) mass is 174 g/mol. The van der Waals surface area contributed by atoms with Gasteiger partial charge in [0.2, 0.25) is 0 Å². The summed E-state index contributed by atoms with van der Waals surface area (Å²) in [5.74, 6) is 0. The van der Waals surface area contributed by atoms with Crippen LogP contribution in [-0.4, -0.2) is 36.6 Å². The molecule has 0 amide bonds. The molecule has 0 aromatic heterocycles. The summed E-state index contributed by atoms with van der Waals surface area (Å²) >= 11 is 0. The van der Waals surface area contributed by atoms with Gasteiger partial charge < -0.3 is 14.6 Å². The van der Waals surface area contributed by atoms with Gasteiger partial charge in [-0.05, 0) is 13.3 Å². The van der Waals surface area contributed by atoms with Crippen molar-refractivity contribution in [3.05, 3.63) is 0 Å². The van der Waals surface area contributed by atoms with Crippen LogP contribution >= 0.6 is 0 Å². The minimum atomic E-state index is -0.741. The molecular weight excluding hydrogens is 156 g/mol. The van der Waals surface area contributed by atoms with Crippen molar-refractivity contribution in [2.45, 2.75) is 38.4 Å². The van der Waals surface area contributed by atoms with Crippen LogP contribution in [0.1, 0.15) is 26.7 Å². The molecule has 0 spiro atoms.